The van der Waals surface area contributed by atoms with Gasteiger partial charge in [0.1, 0.15) is 6.29 Å². The van der Waals surface area contributed by atoms with E-state index in [1.54, 1.807) is 7.11 Å². The smallest absolute Gasteiger partial charge is 0.137 e. The number of aldehydes is 1. The molecule has 0 radical (unpaired) electrons. The molecule has 1 rings (SSSR count). The van der Waals surface area contributed by atoms with E-state index in [1.165, 1.54) is 0 Å². The second kappa shape index (κ2) is 15.8. The lowest BCUT2D eigenvalue weighted by Crippen LogP contribution is -2.23. The molecule has 3 nitrogen and oxygen atoms in total. The summed E-state index contributed by atoms with van der Waals surface area (Å²) in [6.07, 6.45) is 2.52. The van der Waals surface area contributed by atoms with Crippen LogP contribution in [-0.2, 0) is 16.0 Å². The second-order valence-corrected chi connectivity index (χ2v) is 3.48. The average Bonchev–Trinajstić information content (AvgIpc) is 2.43. The third-order valence-corrected chi connectivity index (χ3v) is 1.90. The number of nitrogens with two attached hydrogens (primary N) is 1. The Bertz CT molecular complexity index is 260. The van der Waals surface area contributed by atoms with E-state index in [2.05, 4.69) is 6.92 Å². The number of carbonyl (C=O) groups excluding carboxylic acids is 1. The molecule has 1 aromatic carbocycles. The van der Waals surface area contributed by atoms with Gasteiger partial charge in [-0.25, -0.2) is 0 Å². The minimum absolute atomic E-state index is 0.364. The number of hydrogen-bond donors (Lipinski definition) is 1. The average molecular weight is 253 g/mol. The highest BCUT2D eigenvalue weighted by molar-refractivity contribution is 5.57. The molecular formula is C15H27NO2. The third-order valence-electron chi connectivity index (χ3n) is 1.90. The van der Waals surface area contributed by atoms with Crippen LogP contribution in [0.4, 0.5) is 0 Å². The van der Waals surface area contributed by atoms with Crippen LogP contribution in [0.3, 0.4) is 0 Å². The van der Waals surface area contributed by atoms with Crippen LogP contribution in [0.1, 0.15) is 32.8 Å². The highest BCUT2D eigenvalue weighted by atomic mass is 16.5. The second-order valence-electron chi connectivity index (χ2n) is 3.48. The maximum atomic E-state index is 10.2. The number of hydrogen-bond acceptors (Lipinski definition) is 3. The molecular weight excluding hydrogens is 226 g/mol. The first-order valence-corrected chi connectivity index (χ1v) is 6.48. The van der Waals surface area contributed by atoms with Crippen molar-refractivity contribution in [2.45, 2.75) is 39.7 Å². The zero-order chi connectivity index (χ0) is 14.2. The molecule has 2 N–H and O–H groups in total. The Balaban J connectivity index is 0. The van der Waals surface area contributed by atoms with Crippen LogP contribution in [0.25, 0.3) is 0 Å². The summed E-state index contributed by atoms with van der Waals surface area (Å²) < 4.78 is 4.69. The number of rotatable bonds is 5. The fourth-order valence-electron chi connectivity index (χ4n) is 1.14. The molecule has 0 saturated carbocycles. The maximum absolute atomic E-state index is 10.2. The SMILES string of the molecule is CC.CCCOC.NC(C=O)Cc1ccccc1. The van der Waals surface area contributed by atoms with Gasteiger partial charge < -0.3 is 15.3 Å². The zero-order valence-electron chi connectivity index (χ0n) is 12.1. The Morgan fingerprint density at radius 2 is 1.83 bits per heavy atom. The molecule has 0 aliphatic carbocycles. The van der Waals surface area contributed by atoms with E-state index in [-0.39, 0.29) is 6.04 Å². The van der Waals surface area contributed by atoms with Gasteiger partial charge in [0.25, 0.3) is 0 Å². The first-order valence-electron chi connectivity index (χ1n) is 6.48. The van der Waals surface area contributed by atoms with Crippen LogP contribution in [0.5, 0.6) is 0 Å². The molecule has 0 aliphatic rings. The molecule has 104 valence electrons. The molecule has 0 saturated heterocycles. The molecule has 0 aromatic heterocycles. The molecule has 1 aromatic rings. The zero-order valence-corrected chi connectivity index (χ0v) is 12.1. The lowest BCUT2D eigenvalue weighted by Gasteiger charge is -2.02. The first kappa shape index (κ1) is 19.2. The van der Waals surface area contributed by atoms with Gasteiger partial charge in [-0.3, -0.25) is 0 Å². The minimum atomic E-state index is -0.364. The van der Waals surface area contributed by atoms with E-state index in [0.29, 0.717) is 6.42 Å². The molecule has 1 unspecified atom stereocenters. The van der Waals surface area contributed by atoms with Gasteiger partial charge in [-0.05, 0) is 18.4 Å². The normalized spacial score (nSPS) is 10.3. The molecule has 3 heteroatoms. The van der Waals surface area contributed by atoms with Gasteiger partial charge in [0, 0.05) is 13.7 Å². The van der Waals surface area contributed by atoms with Crippen molar-refractivity contribution in [3.8, 4) is 0 Å². The summed E-state index contributed by atoms with van der Waals surface area (Å²) >= 11 is 0. The number of ether oxygens (including phenoxy) is 1. The van der Waals surface area contributed by atoms with Gasteiger partial charge in [0.2, 0.25) is 0 Å². The lowest BCUT2D eigenvalue weighted by molar-refractivity contribution is -0.108. The van der Waals surface area contributed by atoms with Crippen LogP contribution < -0.4 is 5.73 Å². The Morgan fingerprint density at radius 3 is 2.17 bits per heavy atom. The lowest BCUT2D eigenvalue weighted by atomic mass is 10.1. The summed E-state index contributed by atoms with van der Waals surface area (Å²) in [4.78, 5) is 10.2. The molecule has 18 heavy (non-hydrogen) atoms. The van der Waals surface area contributed by atoms with Crippen molar-refractivity contribution in [1.82, 2.24) is 0 Å². The predicted molar refractivity (Wildman–Crippen MR) is 77.7 cm³/mol. The van der Waals surface area contributed by atoms with Gasteiger partial charge in [-0.15, -0.1) is 0 Å². The largest absolute Gasteiger partial charge is 0.385 e. The number of benzene rings is 1. The van der Waals surface area contributed by atoms with Gasteiger partial charge >= 0.3 is 0 Å². The van der Waals surface area contributed by atoms with Crippen molar-refractivity contribution in [2.24, 2.45) is 5.73 Å². The van der Waals surface area contributed by atoms with E-state index in [4.69, 9.17) is 10.5 Å². The van der Waals surface area contributed by atoms with Crippen molar-refractivity contribution in [3.05, 3.63) is 35.9 Å². The molecule has 1 atom stereocenters. The Labute approximate surface area is 111 Å². The highest BCUT2D eigenvalue weighted by Crippen LogP contribution is 1.99. The monoisotopic (exact) mass is 253 g/mol. The van der Waals surface area contributed by atoms with Crippen LogP contribution in [0.2, 0.25) is 0 Å². The summed E-state index contributed by atoms with van der Waals surface area (Å²) in [5.74, 6) is 0. The summed E-state index contributed by atoms with van der Waals surface area (Å²) in [7, 11) is 1.71. The van der Waals surface area contributed by atoms with E-state index in [9.17, 15) is 4.79 Å². The van der Waals surface area contributed by atoms with Crippen LogP contribution in [0.15, 0.2) is 30.3 Å². The van der Waals surface area contributed by atoms with Crippen LogP contribution in [0, 0.1) is 0 Å². The van der Waals surface area contributed by atoms with Gasteiger partial charge in [-0.2, -0.15) is 0 Å². The van der Waals surface area contributed by atoms with Crippen molar-refractivity contribution in [1.29, 1.82) is 0 Å². The Hall–Kier alpha value is -1.19. The van der Waals surface area contributed by atoms with Crippen molar-refractivity contribution >= 4 is 6.29 Å². The summed E-state index contributed by atoms with van der Waals surface area (Å²) in [6, 6.07) is 9.37. The van der Waals surface area contributed by atoms with Crippen molar-refractivity contribution < 1.29 is 9.53 Å². The standard InChI is InChI=1S/C9H11NO.C4H10O.C2H6/c10-9(7-11)6-8-4-2-1-3-5-8;1-3-4-5-2;1-2/h1-5,7,9H,6,10H2;3-4H2,1-2H3;1-2H3. The van der Waals surface area contributed by atoms with Gasteiger partial charge in [-0.1, -0.05) is 51.1 Å². The highest BCUT2D eigenvalue weighted by Gasteiger charge is 1.99. The van der Waals surface area contributed by atoms with Gasteiger partial charge in [0.05, 0.1) is 6.04 Å². The number of carbonyl (C=O) groups is 1. The van der Waals surface area contributed by atoms with E-state index >= 15 is 0 Å². The van der Waals surface area contributed by atoms with E-state index in [0.717, 1.165) is 24.9 Å². The van der Waals surface area contributed by atoms with Crippen LogP contribution in [-0.4, -0.2) is 26.0 Å². The molecule has 0 bridgehead atoms. The minimum Gasteiger partial charge on any atom is -0.385 e. The quantitative estimate of drug-likeness (QED) is 0.821. The van der Waals surface area contributed by atoms with Crippen molar-refractivity contribution in [3.63, 3.8) is 0 Å². The predicted octanol–water partition coefficient (Wildman–Crippen LogP) is 2.82. The Kier molecular flexibility index (Phi) is 16.8. The van der Waals surface area contributed by atoms with E-state index in [1.807, 2.05) is 44.2 Å². The van der Waals surface area contributed by atoms with E-state index < -0.39 is 0 Å². The molecule has 0 amide bonds. The summed E-state index contributed by atoms with van der Waals surface area (Å²) in [5.41, 5.74) is 6.54. The molecule has 0 fully saturated rings. The fraction of sp³-hybridized carbons (Fsp3) is 0.533. The molecule has 0 aliphatic heterocycles. The van der Waals surface area contributed by atoms with Crippen LogP contribution >= 0.6 is 0 Å². The summed E-state index contributed by atoms with van der Waals surface area (Å²) in [5, 5.41) is 0. The van der Waals surface area contributed by atoms with Gasteiger partial charge in [0.15, 0.2) is 0 Å². The topological polar surface area (TPSA) is 52.3 Å². The summed E-state index contributed by atoms with van der Waals surface area (Å²) in [6.45, 7) is 6.98. The first-order chi connectivity index (χ1) is 8.74. The molecule has 0 spiro atoms. The number of methoxy groups -OCH3 is 1. The van der Waals surface area contributed by atoms with Crippen molar-refractivity contribution in [2.75, 3.05) is 13.7 Å². The maximum Gasteiger partial charge on any atom is 0.137 e. The Morgan fingerprint density at radius 1 is 1.28 bits per heavy atom. The third kappa shape index (κ3) is 12.9. The fourth-order valence-corrected chi connectivity index (χ4v) is 1.14. The molecule has 0 heterocycles.